The Bertz CT molecular complexity index is 537. The number of anilines is 1. The number of nitrogens with zero attached hydrogens (tertiary/aromatic N) is 3. The molecule has 1 amide bonds. The van der Waals surface area contributed by atoms with Gasteiger partial charge in [-0.2, -0.15) is 5.10 Å². The second-order valence-corrected chi connectivity index (χ2v) is 3.34. The van der Waals surface area contributed by atoms with E-state index in [0.717, 1.165) is 5.69 Å². The molecule has 0 aromatic carbocycles. The van der Waals surface area contributed by atoms with Crippen molar-refractivity contribution in [1.82, 2.24) is 20.2 Å². The molecule has 7 nitrogen and oxygen atoms in total. The van der Waals surface area contributed by atoms with Crippen molar-refractivity contribution in [1.29, 1.82) is 0 Å². The number of methoxy groups -OCH3 is 1. The number of ether oxygens (including phenoxy) is 1. The molecule has 0 bridgehead atoms. The maximum absolute atomic E-state index is 11.8. The van der Waals surface area contributed by atoms with Gasteiger partial charge >= 0.3 is 0 Å². The van der Waals surface area contributed by atoms with Crippen molar-refractivity contribution in [3.8, 4) is 5.88 Å². The number of nitrogens with one attached hydrogen (secondary N) is 2. The Labute approximate surface area is 97.2 Å². The molecule has 0 atom stereocenters. The molecule has 2 N–H and O–H groups in total. The average molecular weight is 233 g/mol. The highest BCUT2D eigenvalue weighted by molar-refractivity contribution is 6.02. The highest BCUT2D eigenvalue weighted by atomic mass is 16.5. The molecule has 0 saturated heterocycles. The molecule has 0 aliphatic carbocycles. The molecule has 0 aliphatic heterocycles. The Kier molecular flexibility index (Phi) is 2.99. The molecule has 2 heterocycles. The second kappa shape index (κ2) is 4.60. The number of carbonyl (C=O) groups excluding carboxylic acids is 1. The summed E-state index contributed by atoms with van der Waals surface area (Å²) in [7, 11) is 1.47. The van der Waals surface area contributed by atoms with E-state index in [9.17, 15) is 4.79 Å². The predicted octanol–water partition coefficient (Wildman–Crippen LogP) is 0.769. The smallest absolute Gasteiger partial charge is 0.275 e. The topological polar surface area (TPSA) is 92.8 Å². The number of hydrogen-bond donors (Lipinski definition) is 2. The van der Waals surface area contributed by atoms with Gasteiger partial charge in [-0.1, -0.05) is 0 Å². The molecule has 0 aliphatic rings. The Morgan fingerprint density at radius 2 is 2.24 bits per heavy atom. The normalized spacial score (nSPS) is 10.0. The summed E-state index contributed by atoms with van der Waals surface area (Å²) in [5, 5.41) is 9.22. The number of aromatic nitrogens is 4. The minimum Gasteiger partial charge on any atom is -0.481 e. The van der Waals surface area contributed by atoms with E-state index < -0.39 is 0 Å². The Morgan fingerprint density at radius 3 is 2.88 bits per heavy atom. The van der Waals surface area contributed by atoms with Crippen molar-refractivity contribution in [3.63, 3.8) is 0 Å². The van der Waals surface area contributed by atoms with Crippen LogP contribution in [0.3, 0.4) is 0 Å². The summed E-state index contributed by atoms with van der Waals surface area (Å²) in [4.78, 5) is 19.4. The molecular weight excluding hydrogens is 222 g/mol. The molecule has 7 heteroatoms. The van der Waals surface area contributed by atoms with Crippen LogP contribution in [0.4, 0.5) is 5.82 Å². The second-order valence-electron chi connectivity index (χ2n) is 3.34. The van der Waals surface area contributed by atoms with Crippen LogP contribution >= 0.6 is 0 Å². The molecule has 2 aromatic rings. The van der Waals surface area contributed by atoms with Gasteiger partial charge in [0.1, 0.15) is 12.0 Å². The van der Waals surface area contributed by atoms with E-state index in [1.807, 2.05) is 6.92 Å². The van der Waals surface area contributed by atoms with Gasteiger partial charge in [-0.25, -0.2) is 9.97 Å². The predicted molar refractivity (Wildman–Crippen MR) is 59.9 cm³/mol. The van der Waals surface area contributed by atoms with Crippen LogP contribution in [-0.2, 0) is 0 Å². The third-order valence-corrected chi connectivity index (χ3v) is 2.03. The molecule has 2 aromatic heterocycles. The summed E-state index contributed by atoms with van der Waals surface area (Å²) in [6, 6.07) is 3.17. The number of amides is 1. The van der Waals surface area contributed by atoms with Crippen LogP contribution in [0.1, 0.15) is 16.2 Å². The summed E-state index contributed by atoms with van der Waals surface area (Å²) in [5.74, 6) is 0.422. The van der Waals surface area contributed by atoms with E-state index in [4.69, 9.17) is 4.74 Å². The van der Waals surface area contributed by atoms with Gasteiger partial charge in [0.05, 0.1) is 7.11 Å². The van der Waals surface area contributed by atoms with Gasteiger partial charge < -0.3 is 10.1 Å². The Morgan fingerprint density at radius 1 is 1.41 bits per heavy atom. The van der Waals surface area contributed by atoms with Gasteiger partial charge in [0.15, 0.2) is 5.82 Å². The zero-order valence-electron chi connectivity index (χ0n) is 9.39. The maximum Gasteiger partial charge on any atom is 0.275 e. The lowest BCUT2D eigenvalue weighted by Crippen LogP contribution is -2.14. The van der Waals surface area contributed by atoms with Crippen LogP contribution in [0.5, 0.6) is 5.88 Å². The molecule has 2 rings (SSSR count). The highest BCUT2D eigenvalue weighted by Gasteiger charge is 2.10. The monoisotopic (exact) mass is 233 g/mol. The van der Waals surface area contributed by atoms with E-state index in [1.165, 1.54) is 19.5 Å². The first kappa shape index (κ1) is 11.1. The van der Waals surface area contributed by atoms with Crippen LogP contribution in [0.15, 0.2) is 18.5 Å². The first-order valence-electron chi connectivity index (χ1n) is 4.88. The fraction of sp³-hybridized carbons (Fsp3) is 0.200. The van der Waals surface area contributed by atoms with Crippen LogP contribution < -0.4 is 10.1 Å². The molecule has 0 fully saturated rings. The molecule has 0 spiro atoms. The molecule has 0 saturated carbocycles. The molecule has 0 radical (unpaired) electrons. The van der Waals surface area contributed by atoms with Gasteiger partial charge in [-0.3, -0.25) is 9.89 Å². The van der Waals surface area contributed by atoms with Crippen molar-refractivity contribution in [2.75, 3.05) is 12.4 Å². The van der Waals surface area contributed by atoms with Gasteiger partial charge in [0.2, 0.25) is 5.88 Å². The van der Waals surface area contributed by atoms with Gasteiger partial charge in [0, 0.05) is 17.8 Å². The largest absolute Gasteiger partial charge is 0.481 e. The number of hydrogen-bond acceptors (Lipinski definition) is 5. The number of H-pyrrole nitrogens is 1. The lowest BCUT2D eigenvalue weighted by Gasteiger charge is -2.02. The quantitative estimate of drug-likeness (QED) is 0.816. The van der Waals surface area contributed by atoms with Crippen molar-refractivity contribution in [2.45, 2.75) is 6.92 Å². The SMILES string of the molecule is COc1cc(C(=O)Nc2cc(C)[nH]n2)ncn1. The van der Waals surface area contributed by atoms with E-state index in [-0.39, 0.29) is 11.6 Å². The third kappa shape index (κ3) is 2.57. The zero-order chi connectivity index (χ0) is 12.3. The van der Waals surface area contributed by atoms with Crippen molar-refractivity contribution < 1.29 is 9.53 Å². The van der Waals surface area contributed by atoms with Gasteiger partial charge in [0.25, 0.3) is 5.91 Å². The van der Waals surface area contributed by atoms with Gasteiger partial charge in [-0.05, 0) is 6.92 Å². The third-order valence-electron chi connectivity index (χ3n) is 2.03. The standard InChI is InChI=1S/C10H11N5O2/c1-6-3-8(15-14-6)13-10(16)7-4-9(17-2)12-5-11-7/h3-5H,1-2H3,(H2,13,14,15,16). The summed E-state index contributed by atoms with van der Waals surface area (Å²) < 4.78 is 4.91. The molecule has 0 unspecified atom stereocenters. The molecule has 17 heavy (non-hydrogen) atoms. The number of aromatic amines is 1. The first-order valence-corrected chi connectivity index (χ1v) is 4.88. The van der Waals surface area contributed by atoms with Crippen LogP contribution in [0, 0.1) is 6.92 Å². The van der Waals surface area contributed by atoms with Crippen LogP contribution in [-0.4, -0.2) is 33.2 Å². The summed E-state index contributed by atoms with van der Waals surface area (Å²) in [5.41, 5.74) is 1.08. The van der Waals surface area contributed by atoms with Crippen molar-refractivity contribution in [2.24, 2.45) is 0 Å². The average Bonchev–Trinajstić information content (AvgIpc) is 2.75. The maximum atomic E-state index is 11.8. The summed E-state index contributed by atoms with van der Waals surface area (Å²) in [6.07, 6.45) is 1.27. The number of rotatable bonds is 3. The van der Waals surface area contributed by atoms with E-state index in [0.29, 0.717) is 11.7 Å². The summed E-state index contributed by atoms with van der Waals surface area (Å²) >= 11 is 0. The van der Waals surface area contributed by atoms with Gasteiger partial charge in [-0.15, -0.1) is 0 Å². The van der Waals surface area contributed by atoms with Crippen molar-refractivity contribution >= 4 is 11.7 Å². The molecule has 88 valence electrons. The van der Waals surface area contributed by atoms with E-state index >= 15 is 0 Å². The van der Waals surface area contributed by atoms with Crippen LogP contribution in [0.2, 0.25) is 0 Å². The van der Waals surface area contributed by atoms with E-state index in [2.05, 4.69) is 25.5 Å². The number of carbonyl (C=O) groups is 1. The minimum absolute atomic E-state index is 0.220. The number of aryl methyl sites for hydroxylation is 1. The fourth-order valence-corrected chi connectivity index (χ4v) is 1.24. The van der Waals surface area contributed by atoms with E-state index in [1.54, 1.807) is 6.07 Å². The lowest BCUT2D eigenvalue weighted by atomic mass is 10.3. The Balaban J connectivity index is 2.14. The fourth-order valence-electron chi connectivity index (χ4n) is 1.24. The zero-order valence-corrected chi connectivity index (χ0v) is 9.39. The lowest BCUT2D eigenvalue weighted by molar-refractivity contribution is 0.102. The van der Waals surface area contributed by atoms with Crippen LogP contribution in [0.25, 0.3) is 0 Å². The van der Waals surface area contributed by atoms with Crippen molar-refractivity contribution in [3.05, 3.63) is 29.8 Å². The molecular formula is C10H11N5O2. The first-order chi connectivity index (χ1) is 8.19. The summed E-state index contributed by atoms with van der Waals surface area (Å²) in [6.45, 7) is 1.84. The minimum atomic E-state index is -0.364. The highest BCUT2D eigenvalue weighted by Crippen LogP contribution is 2.09. The Hall–Kier alpha value is -2.44.